The maximum absolute atomic E-state index is 12.9. The SMILES string of the molecule is CCOC(=O)C1CCN(C(=O)c2ccc(-n3nc(C)cc3-c3ccccc3)cc2)CC1. The molecule has 1 aliphatic heterocycles. The lowest BCUT2D eigenvalue weighted by atomic mass is 9.96. The first kappa shape index (κ1) is 20.8. The number of esters is 1. The first-order valence-electron chi connectivity index (χ1n) is 10.7. The Balaban J connectivity index is 1.47. The molecule has 6 heteroatoms. The molecule has 160 valence electrons. The highest BCUT2D eigenvalue weighted by molar-refractivity contribution is 5.94. The molecule has 0 bridgehead atoms. The smallest absolute Gasteiger partial charge is 0.309 e. The van der Waals surface area contributed by atoms with Crippen LogP contribution in [0.25, 0.3) is 16.9 Å². The van der Waals surface area contributed by atoms with Crippen LogP contribution in [-0.2, 0) is 9.53 Å². The van der Waals surface area contributed by atoms with Crippen LogP contribution in [0.15, 0.2) is 60.7 Å². The number of carbonyl (C=O) groups is 2. The number of likely N-dealkylation sites (tertiary alicyclic amines) is 1. The van der Waals surface area contributed by atoms with Gasteiger partial charge < -0.3 is 9.64 Å². The highest BCUT2D eigenvalue weighted by Crippen LogP contribution is 2.25. The number of benzene rings is 2. The lowest BCUT2D eigenvalue weighted by Gasteiger charge is -2.31. The molecule has 0 spiro atoms. The normalized spacial score (nSPS) is 14.5. The van der Waals surface area contributed by atoms with E-state index in [0.717, 1.165) is 22.6 Å². The van der Waals surface area contributed by atoms with Crippen LogP contribution < -0.4 is 0 Å². The van der Waals surface area contributed by atoms with E-state index in [4.69, 9.17) is 4.74 Å². The van der Waals surface area contributed by atoms with Gasteiger partial charge in [-0.25, -0.2) is 4.68 Å². The molecule has 0 aliphatic carbocycles. The minimum absolute atomic E-state index is 0.00575. The van der Waals surface area contributed by atoms with E-state index in [2.05, 4.69) is 23.3 Å². The van der Waals surface area contributed by atoms with E-state index in [0.29, 0.717) is 38.1 Å². The summed E-state index contributed by atoms with van der Waals surface area (Å²) in [4.78, 5) is 26.7. The van der Waals surface area contributed by atoms with Crippen LogP contribution in [0.2, 0.25) is 0 Å². The van der Waals surface area contributed by atoms with Gasteiger partial charge in [-0.2, -0.15) is 5.10 Å². The van der Waals surface area contributed by atoms with Crippen molar-refractivity contribution in [2.45, 2.75) is 26.7 Å². The minimum Gasteiger partial charge on any atom is -0.466 e. The molecule has 6 nitrogen and oxygen atoms in total. The Morgan fingerprint density at radius 3 is 2.35 bits per heavy atom. The summed E-state index contributed by atoms with van der Waals surface area (Å²) >= 11 is 0. The summed E-state index contributed by atoms with van der Waals surface area (Å²) in [5.74, 6) is -0.262. The molecule has 1 saturated heterocycles. The zero-order valence-corrected chi connectivity index (χ0v) is 18.0. The molecule has 1 amide bonds. The van der Waals surface area contributed by atoms with Crippen molar-refractivity contribution in [3.8, 4) is 16.9 Å². The highest BCUT2D eigenvalue weighted by Gasteiger charge is 2.28. The molecule has 1 aromatic heterocycles. The molecular weight excluding hydrogens is 390 g/mol. The zero-order chi connectivity index (χ0) is 21.8. The molecular formula is C25H27N3O3. The van der Waals surface area contributed by atoms with Crippen LogP contribution in [0.3, 0.4) is 0 Å². The van der Waals surface area contributed by atoms with Gasteiger partial charge in [0.25, 0.3) is 5.91 Å². The number of carbonyl (C=O) groups excluding carboxylic acids is 2. The van der Waals surface area contributed by atoms with E-state index < -0.39 is 0 Å². The summed E-state index contributed by atoms with van der Waals surface area (Å²) in [5, 5.41) is 4.64. The predicted molar refractivity (Wildman–Crippen MR) is 119 cm³/mol. The molecule has 2 heterocycles. The van der Waals surface area contributed by atoms with E-state index in [-0.39, 0.29) is 17.8 Å². The summed E-state index contributed by atoms with van der Waals surface area (Å²) in [7, 11) is 0. The number of aryl methyl sites for hydroxylation is 1. The lowest BCUT2D eigenvalue weighted by molar-refractivity contribution is -0.149. The Labute approximate surface area is 182 Å². The molecule has 0 N–H and O–H groups in total. The molecule has 1 fully saturated rings. The predicted octanol–water partition coefficient (Wildman–Crippen LogP) is 4.26. The maximum Gasteiger partial charge on any atom is 0.309 e. The van der Waals surface area contributed by atoms with Crippen molar-refractivity contribution in [3.63, 3.8) is 0 Å². The van der Waals surface area contributed by atoms with E-state index in [9.17, 15) is 9.59 Å². The first-order valence-corrected chi connectivity index (χ1v) is 10.7. The molecule has 0 unspecified atom stereocenters. The van der Waals surface area contributed by atoms with E-state index in [1.165, 1.54) is 0 Å². The maximum atomic E-state index is 12.9. The molecule has 0 atom stereocenters. The fraction of sp³-hybridized carbons (Fsp3) is 0.320. The Hall–Kier alpha value is -3.41. The fourth-order valence-electron chi connectivity index (χ4n) is 4.02. The number of piperidine rings is 1. The third-order valence-corrected chi connectivity index (χ3v) is 5.66. The van der Waals surface area contributed by atoms with Crippen LogP contribution in [-0.4, -0.2) is 46.3 Å². The summed E-state index contributed by atoms with van der Waals surface area (Å²) in [6.45, 7) is 5.32. The van der Waals surface area contributed by atoms with Crippen LogP contribution in [0.1, 0.15) is 35.8 Å². The molecule has 0 radical (unpaired) electrons. The highest BCUT2D eigenvalue weighted by atomic mass is 16.5. The first-order chi connectivity index (χ1) is 15.1. The van der Waals surface area contributed by atoms with Crippen molar-refractivity contribution in [1.29, 1.82) is 0 Å². The monoisotopic (exact) mass is 417 g/mol. The number of amides is 1. The number of hydrogen-bond donors (Lipinski definition) is 0. The largest absolute Gasteiger partial charge is 0.466 e. The zero-order valence-electron chi connectivity index (χ0n) is 18.0. The third-order valence-electron chi connectivity index (χ3n) is 5.66. The van der Waals surface area contributed by atoms with E-state index in [1.54, 1.807) is 0 Å². The average Bonchev–Trinajstić information content (AvgIpc) is 3.21. The van der Waals surface area contributed by atoms with Crippen LogP contribution >= 0.6 is 0 Å². The molecule has 4 rings (SSSR count). The van der Waals surface area contributed by atoms with Gasteiger partial charge in [-0.3, -0.25) is 9.59 Å². The molecule has 1 aliphatic rings. The van der Waals surface area contributed by atoms with Crippen LogP contribution in [0.4, 0.5) is 0 Å². The molecule has 31 heavy (non-hydrogen) atoms. The number of ether oxygens (including phenoxy) is 1. The second-order valence-electron chi connectivity index (χ2n) is 7.81. The van der Waals surface area contributed by atoms with Gasteiger partial charge in [0.05, 0.1) is 29.6 Å². The topological polar surface area (TPSA) is 64.4 Å². The van der Waals surface area contributed by atoms with Gasteiger partial charge in [0.1, 0.15) is 0 Å². The quantitative estimate of drug-likeness (QED) is 0.582. The van der Waals surface area contributed by atoms with Crippen molar-refractivity contribution in [3.05, 3.63) is 71.9 Å². The van der Waals surface area contributed by atoms with Crippen molar-refractivity contribution >= 4 is 11.9 Å². The number of rotatable bonds is 5. The summed E-state index contributed by atoms with van der Waals surface area (Å²) < 4.78 is 7.02. The van der Waals surface area contributed by atoms with Gasteiger partial charge in [0.15, 0.2) is 0 Å². The second kappa shape index (κ2) is 9.16. The van der Waals surface area contributed by atoms with Crippen molar-refractivity contribution in [2.75, 3.05) is 19.7 Å². The Morgan fingerprint density at radius 2 is 1.71 bits per heavy atom. The molecule has 0 saturated carbocycles. The molecule has 3 aromatic rings. The minimum atomic E-state index is -0.150. The Morgan fingerprint density at radius 1 is 1.03 bits per heavy atom. The van der Waals surface area contributed by atoms with Gasteiger partial charge >= 0.3 is 5.97 Å². The van der Waals surface area contributed by atoms with Gasteiger partial charge in [-0.05, 0) is 57.0 Å². The van der Waals surface area contributed by atoms with Crippen LogP contribution in [0, 0.1) is 12.8 Å². The van der Waals surface area contributed by atoms with E-state index in [1.807, 2.05) is 65.9 Å². The summed E-state index contributed by atoms with van der Waals surface area (Å²) in [5.41, 5.74) is 4.59. The number of aromatic nitrogens is 2. The van der Waals surface area contributed by atoms with Crippen molar-refractivity contribution in [1.82, 2.24) is 14.7 Å². The summed E-state index contributed by atoms with van der Waals surface area (Å²) in [6.07, 6.45) is 1.30. The number of hydrogen-bond acceptors (Lipinski definition) is 4. The van der Waals surface area contributed by atoms with Gasteiger partial charge in [0, 0.05) is 24.2 Å². The summed E-state index contributed by atoms with van der Waals surface area (Å²) in [6, 6.07) is 19.7. The molecule has 2 aromatic carbocycles. The average molecular weight is 418 g/mol. The van der Waals surface area contributed by atoms with Gasteiger partial charge in [-0.1, -0.05) is 30.3 Å². The fourth-order valence-corrected chi connectivity index (χ4v) is 4.02. The van der Waals surface area contributed by atoms with Crippen LogP contribution in [0.5, 0.6) is 0 Å². The van der Waals surface area contributed by atoms with Gasteiger partial charge in [0.2, 0.25) is 0 Å². The standard InChI is InChI=1S/C25H27N3O3/c1-3-31-25(30)21-13-15-27(16-14-21)24(29)20-9-11-22(12-10-20)28-23(17-18(2)26-28)19-7-5-4-6-8-19/h4-12,17,21H,3,13-16H2,1-2H3. The third kappa shape index (κ3) is 4.53. The number of nitrogens with zero attached hydrogens (tertiary/aromatic N) is 3. The van der Waals surface area contributed by atoms with Crippen molar-refractivity contribution in [2.24, 2.45) is 5.92 Å². The Bertz CT molecular complexity index is 1050. The second-order valence-corrected chi connectivity index (χ2v) is 7.81. The van der Waals surface area contributed by atoms with Crippen molar-refractivity contribution < 1.29 is 14.3 Å². The lowest BCUT2D eigenvalue weighted by Crippen LogP contribution is -2.40. The van der Waals surface area contributed by atoms with Gasteiger partial charge in [-0.15, -0.1) is 0 Å². The Kier molecular flexibility index (Phi) is 6.16. The van der Waals surface area contributed by atoms with E-state index >= 15 is 0 Å².